The van der Waals surface area contributed by atoms with Crippen molar-refractivity contribution in [3.05, 3.63) is 35.9 Å². The topological polar surface area (TPSA) is 29.1 Å². The second kappa shape index (κ2) is 6.08. The molecule has 2 rings (SSSR count). The standard InChI is InChI=1S/C16H22BrNO/c1-12(2)10-14(11-17)18-15(19)16(8-9-16)13-6-4-3-5-7-13/h3-7,12,14H,8-11H2,1-2H3,(H,18,19). The minimum Gasteiger partial charge on any atom is -0.352 e. The van der Waals surface area contributed by atoms with E-state index in [4.69, 9.17) is 0 Å². The summed E-state index contributed by atoms with van der Waals surface area (Å²) in [5, 5.41) is 4.03. The van der Waals surface area contributed by atoms with Gasteiger partial charge >= 0.3 is 0 Å². The first-order valence-corrected chi connectivity index (χ1v) is 8.13. The highest BCUT2D eigenvalue weighted by Crippen LogP contribution is 2.48. The Bertz CT molecular complexity index is 426. The van der Waals surface area contributed by atoms with Crippen LogP contribution in [0.2, 0.25) is 0 Å². The first-order valence-electron chi connectivity index (χ1n) is 7.01. The second-order valence-corrected chi connectivity index (χ2v) is 6.55. The molecule has 1 N–H and O–H groups in total. The SMILES string of the molecule is CC(C)CC(CBr)NC(=O)C1(c2ccccc2)CC1. The molecule has 1 aliphatic rings. The predicted octanol–water partition coefficient (Wildman–Crippen LogP) is 3.64. The van der Waals surface area contributed by atoms with Gasteiger partial charge in [-0.3, -0.25) is 4.79 Å². The summed E-state index contributed by atoms with van der Waals surface area (Å²) < 4.78 is 0. The molecule has 1 atom stereocenters. The van der Waals surface area contributed by atoms with Crippen LogP contribution in [0.4, 0.5) is 0 Å². The number of nitrogens with one attached hydrogen (secondary N) is 1. The molecule has 0 radical (unpaired) electrons. The molecule has 1 aliphatic carbocycles. The molecule has 1 unspecified atom stereocenters. The van der Waals surface area contributed by atoms with Gasteiger partial charge in [0, 0.05) is 11.4 Å². The maximum absolute atomic E-state index is 12.5. The van der Waals surface area contributed by atoms with E-state index in [0.29, 0.717) is 5.92 Å². The van der Waals surface area contributed by atoms with E-state index < -0.39 is 0 Å². The number of rotatable bonds is 6. The largest absolute Gasteiger partial charge is 0.352 e. The summed E-state index contributed by atoms with van der Waals surface area (Å²) in [6.45, 7) is 4.37. The number of benzene rings is 1. The highest BCUT2D eigenvalue weighted by atomic mass is 79.9. The average molecular weight is 324 g/mol. The zero-order chi connectivity index (χ0) is 13.9. The summed E-state index contributed by atoms with van der Waals surface area (Å²) in [6.07, 6.45) is 2.96. The molecule has 1 aromatic rings. The normalized spacial score (nSPS) is 18.1. The molecule has 1 aromatic carbocycles. The number of hydrogen-bond donors (Lipinski definition) is 1. The third-order valence-electron chi connectivity index (χ3n) is 3.79. The summed E-state index contributed by atoms with van der Waals surface area (Å²) in [7, 11) is 0. The Morgan fingerprint density at radius 1 is 1.32 bits per heavy atom. The van der Waals surface area contributed by atoms with Crippen LogP contribution in [0.5, 0.6) is 0 Å². The number of carbonyl (C=O) groups excluding carboxylic acids is 1. The van der Waals surface area contributed by atoms with Crippen LogP contribution in [0.25, 0.3) is 0 Å². The van der Waals surface area contributed by atoms with Gasteiger partial charge in [0.2, 0.25) is 5.91 Å². The van der Waals surface area contributed by atoms with Crippen LogP contribution in [0, 0.1) is 5.92 Å². The van der Waals surface area contributed by atoms with Gasteiger partial charge in [-0.2, -0.15) is 0 Å². The third-order valence-corrected chi connectivity index (χ3v) is 4.57. The Hall–Kier alpha value is -0.830. The first kappa shape index (κ1) is 14.6. The van der Waals surface area contributed by atoms with Crippen molar-refractivity contribution in [3.8, 4) is 0 Å². The Morgan fingerprint density at radius 2 is 1.95 bits per heavy atom. The Kier molecular flexibility index (Phi) is 4.67. The van der Waals surface area contributed by atoms with Crippen molar-refractivity contribution in [3.63, 3.8) is 0 Å². The molecule has 1 fully saturated rings. The fraction of sp³-hybridized carbons (Fsp3) is 0.562. The number of halogens is 1. The fourth-order valence-electron chi connectivity index (χ4n) is 2.58. The van der Waals surface area contributed by atoms with Crippen molar-refractivity contribution in [1.82, 2.24) is 5.32 Å². The number of amides is 1. The smallest absolute Gasteiger partial charge is 0.230 e. The average Bonchev–Trinajstić information content (AvgIpc) is 3.20. The Morgan fingerprint density at radius 3 is 2.42 bits per heavy atom. The molecule has 0 aliphatic heterocycles. The van der Waals surface area contributed by atoms with Crippen molar-refractivity contribution >= 4 is 21.8 Å². The van der Waals surface area contributed by atoms with Gasteiger partial charge in [-0.25, -0.2) is 0 Å². The lowest BCUT2D eigenvalue weighted by Gasteiger charge is -2.22. The van der Waals surface area contributed by atoms with Crippen LogP contribution in [0.15, 0.2) is 30.3 Å². The van der Waals surface area contributed by atoms with E-state index in [9.17, 15) is 4.79 Å². The monoisotopic (exact) mass is 323 g/mol. The first-order chi connectivity index (χ1) is 9.08. The van der Waals surface area contributed by atoms with E-state index in [1.165, 1.54) is 0 Å². The van der Waals surface area contributed by atoms with Gasteiger partial charge in [0.1, 0.15) is 0 Å². The quantitative estimate of drug-likeness (QED) is 0.795. The van der Waals surface area contributed by atoms with Crippen LogP contribution in [0.3, 0.4) is 0 Å². The van der Waals surface area contributed by atoms with Crippen LogP contribution in [-0.4, -0.2) is 17.3 Å². The van der Waals surface area contributed by atoms with Gasteiger partial charge in [0.05, 0.1) is 5.41 Å². The maximum atomic E-state index is 12.5. The van der Waals surface area contributed by atoms with Crippen molar-refractivity contribution < 1.29 is 4.79 Å². The van der Waals surface area contributed by atoms with E-state index >= 15 is 0 Å². The zero-order valence-corrected chi connectivity index (χ0v) is 13.2. The summed E-state index contributed by atoms with van der Waals surface area (Å²) in [4.78, 5) is 12.5. The molecule has 1 saturated carbocycles. The van der Waals surface area contributed by atoms with Gasteiger partial charge in [-0.15, -0.1) is 0 Å². The lowest BCUT2D eigenvalue weighted by atomic mass is 9.94. The molecule has 19 heavy (non-hydrogen) atoms. The van der Waals surface area contributed by atoms with Crippen LogP contribution < -0.4 is 5.32 Å². The third kappa shape index (κ3) is 3.38. The van der Waals surface area contributed by atoms with Crippen LogP contribution >= 0.6 is 15.9 Å². The Balaban J connectivity index is 2.04. The van der Waals surface area contributed by atoms with E-state index in [2.05, 4.69) is 47.2 Å². The van der Waals surface area contributed by atoms with E-state index in [1.807, 2.05) is 18.2 Å². The molecular weight excluding hydrogens is 302 g/mol. The molecule has 0 spiro atoms. The highest BCUT2D eigenvalue weighted by Gasteiger charge is 2.51. The number of alkyl halides is 1. The summed E-state index contributed by atoms with van der Waals surface area (Å²) in [5.74, 6) is 0.790. The molecule has 0 aromatic heterocycles. The van der Waals surface area contributed by atoms with Gasteiger partial charge in [0.25, 0.3) is 0 Å². The molecule has 0 bridgehead atoms. The maximum Gasteiger partial charge on any atom is 0.230 e. The lowest BCUT2D eigenvalue weighted by molar-refractivity contribution is -0.124. The van der Waals surface area contributed by atoms with Crippen LogP contribution in [0.1, 0.15) is 38.7 Å². The van der Waals surface area contributed by atoms with Crippen molar-refractivity contribution in [1.29, 1.82) is 0 Å². The lowest BCUT2D eigenvalue weighted by Crippen LogP contribution is -2.43. The molecular formula is C16H22BrNO. The van der Waals surface area contributed by atoms with Gasteiger partial charge in [-0.1, -0.05) is 60.1 Å². The fourth-order valence-corrected chi connectivity index (χ4v) is 3.01. The minimum absolute atomic E-state index is 0.198. The van der Waals surface area contributed by atoms with Gasteiger partial charge in [0.15, 0.2) is 0 Å². The van der Waals surface area contributed by atoms with E-state index in [-0.39, 0.29) is 17.4 Å². The highest BCUT2D eigenvalue weighted by molar-refractivity contribution is 9.09. The predicted molar refractivity (Wildman–Crippen MR) is 82.5 cm³/mol. The second-order valence-electron chi connectivity index (χ2n) is 5.90. The van der Waals surface area contributed by atoms with Crippen LogP contribution in [-0.2, 0) is 10.2 Å². The van der Waals surface area contributed by atoms with Crippen molar-refractivity contribution in [2.45, 2.75) is 44.6 Å². The van der Waals surface area contributed by atoms with Gasteiger partial charge < -0.3 is 5.32 Å². The number of hydrogen-bond acceptors (Lipinski definition) is 1. The summed E-state index contributed by atoms with van der Waals surface area (Å²) in [6, 6.07) is 10.4. The van der Waals surface area contributed by atoms with E-state index in [0.717, 1.165) is 30.2 Å². The molecule has 0 heterocycles. The Labute approximate surface area is 124 Å². The molecule has 1 amide bonds. The van der Waals surface area contributed by atoms with Crippen molar-refractivity contribution in [2.75, 3.05) is 5.33 Å². The molecule has 104 valence electrons. The minimum atomic E-state index is -0.251. The summed E-state index contributed by atoms with van der Waals surface area (Å²) in [5.41, 5.74) is 0.906. The molecule has 2 nitrogen and oxygen atoms in total. The van der Waals surface area contributed by atoms with Gasteiger partial charge in [-0.05, 0) is 30.7 Å². The molecule has 0 saturated heterocycles. The van der Waals surface area contributed by atoms with E-state index in [1.54, 1.807) is 0 Å². The zero-order valence-electron chi connectivity index (χ0n) is 11.7. The number of carbonyl (C=O) groups is 1. The van der Waals surface area contributed by atoms with Crippen molar-refractivity contribution in [2.24, 2.45) is 5.92 Å². The summed E-state index contributed by atoms with van der Waals surface area (Å²) >= 11 is 3.50. The molecule has 3 heteroatoms.